The number of esters is 1. The lowest BCUT2D eigenvalue weighted by Gasteiger charge is -2.42. The predicted octanol–water partition coefficient (Wildman–Crippen LogP) is 2.69. The summed E-state index contributed by atoms with van der Waals surface area (Å²) in [7, 11) is 0. The fraction of sp³-hybridized carbons (Fsp3) is 0.650. The van der Waals surface area contributed by atoms with Gasteiger partial charge in [-0.15, -0.1) is 0 Å². The van der Waals surface area contributed by atoms with E-state index in [1.54, 1.807) is 0 Å². The van der Waals surface area contributed by atoms with Gasteiger partial charge in [0.25, 0.3) is 0 Å². The van der Waals surface area contributed by atoms with Crippen LogP contribution in [0.3, 0.4) is 0 Å². The van der Waals surface area contributed by atoms with Crippen LogP contribution in [-0.2, 0) is 16.1 Å². The van der Waals surface area contributed by atoms with Crippen LogP contribution in [0, 0.1) is 17.8 Å². The number of piperidine rings is 1. The lowest BCUT2D eigenvalue weighted by molar-refractivity contribution is -0.141. The van der Waals surface area contributed by atoms with Crippen LogP contribution in [0.25, 0.3) is 0 Å². The molecule has 1 aromatic rings. The Labute approximate surface area is 145 Å². The molecule has 0 radical (unpaired) electrons. The highest BCUT2D eigenvalue weighted by atomic mass is 16.5. The van der Waals surface area contributed by atoms with Crippen molar-refractivity contribution in [2.45, 2.75) is 39.3 Å². The first-order valence-electron chi connectivity index (χ1n) is 9.30. The Balaban J connectivity index is 1.45. The van der Waals surface area contributed by atoms with Crippen LogP contribution in [0.2, 0.25) is 0 Å². The Hall–Kier alpha value is -1.39. The number of nitrogens with one attached hydrogen (secondary N) is 1. The number of nitrogens with zero attached hydrogens (tertiary/aromatic N) is 1. The molecule has 4 nitrogen and oxygen atoms in total. The summed E-state index contributed by atoms with van der Waals surface area (Å²) in [6.07, 6.45) is 1.80. The fourth-order valence-electron chi connectivity index (χ4n) is 4.27. The molecule has 2 heterocycles. The molecule has 0 amide bonds. The molecule has 0 bridgehead atoms. The van der Waals surface area contributed by atoms with Gasteiger partial charge in [0.1, 0.15) is 0 Å². The van der Waals surface area contributed by atoms with E-state index in [0.29, 0.717) is 24.5 Å². The third kappa shape index (κ3) is 4.37. The van der Waals surface area contributed by atoms with E-state index < -0.39 is 0 Å². The Morgan fingerprint density at radius 3 is 2.50 bits per heavy atom. The summed E-state index contributed by atoms with van der Waals surface area (Å²) in [6, 6.07) is 11.3. The molecule has 2 aliphatic rings. The van der Waals surface area contributed by atoms with E-state index in [0.717, 1.165) is 39.0 Å². The van der Waals surface area contributed by atoms with Crippen molar-refractivity contribution in [1.29, 1.82) is 0 Å². The molecule has 0 saturated carbocycles. The molecule has 1 aromatic carbocycles. The number of rotatable bonds is 6. The van der Waals surface area contributed by atoms with Gasteiger partial charge in [0.05, 0.1) is 12.5 Å². The molecule has 2 aliphatic heterocycles. The second kappa shape index (κ2) is 8.13. The Kier molecular flexibility index (Phi) is 5.90. The number of hydrogen-bond acceptors (Lipinski definition) is 4. The minimum absolute atomic E-state index is 0.00410. The highest BCUT2D eigenvalue weighted by Gasteiger charge is 2.32. The lowest BCUT2D eigenvalue weighted by atomic mass is 9.85. The predicted molar refractivity (Wildman–Crippen MR) is 95.5 cm³/mol. The number of hydrogen-bond donors (Lipinski definition) is 1. The molecule has 3 atom stereocenters. The van der Waals surface area contributed by atoms with Gasteiger partial charge in [-0.05, 0) is 36.8 Å². The first-order valence-corrected chi connectivity index (χ1v) is 9.30. The van der Waals surface area contributed by atoms with Gasteiger partial charge in [-0.25, -0.2) is 0 Å². The van der Waals surface area contributed by atoms with E-state index in [1.165, 1.54) is 5.56 Å². The number of carbonyl (C=O) groups is 1. The van der Waals surface area contributed by atoms with Crippen LogP contribution in [-0.4, -0.2) is 43.2 Å². The normalized spacial score (nSPS) is 28.9. The summed E-state index contributed by atoms with van der Waals surface area (Å²) in [5, 5.41) is 3.72. The number of likely N-dealkylation sites (tertiary alicyclic amines) is 1. The number of cyclic esters (lactones) is 1. The number of carbonyl (C=O) groups excluding carboxylic acids is 1. The van der Waals surface area contributed by atoms with Crippen molar-refractivity contribution in [2.24, 2.45) is 17.8 Å². The maximum absolute atomic E-state index is 11.5. The smallest absolute Gasteiger partial charge is 0.309 e. The van der Waals surface area contributed by atoms with Gasteiger partial charge in [0.15, 0.2) is 0 Å². The average Bonchev–Trinajstić information content (AvgIpc) is 2.96. The highest BCUT2D eigenvalue weighted by Crippen LogP contribution is 2.24. The van der Waals surface area contributed by atoms with Gasteiger partial charge in [0, 0.05) is 25.7 Å². The largest absolute Gasteiger partial charge is 0.465 e. The van der Waals surface area contributed by atoms with E-state index in [2.05, 4.69) is 54.4 Å². The van der Waals surface area contributed by atoms with Crippen molar-refractivity contribution < 1.29 is 9.53 Å². The van der Waals surface area contributed by atoms with Crippen LogP contribution in [0.4, 0.5) is 0 Å². The van der Waals surface area contributed by atoms with Crippen molar-refractivity contribution in [3.8, 4) is 0 Å². The zero-order valence-corrected chi connectivity index (χ0v) is 14.9. The van der Waals surface area contributed by atoms with Crippen LogP contribution in [0.1, 0.15) is 32.3 Å². The summed E-state index contributed by atoms with van der Waals surface area (Å²) < 4.78 is 5.05. The molecule has 0 aliphatic carbocycles. The molecule has 3 rings (SSSR count). The van der Waals surface area contributed by atoms with Crippen LogP contribution >= 0.6 is 0 Å². The molecule has 2 saturated heterocycles. The van der Waals surface area contributed by atoms with Crippen molar-refractivity contribution in [3.63, 3.8) is 0 Å². The molecule has 2 fully saturated rings. The van der Waals surface area contributed by atoms with Crippen LogP contribution in [0.5, 0.6) is 0 Å². The Morgan fingerprint density at radius 2 is 1.88 bits per heavy atom. The quantitative estimate of drug-likeness (QED) is 0.814. The Morgan fingerprint density at radius 1 is 1.17 bits per heavy atom. The third-order valence-electron chi connectivity index (χ3n) is 5.48. The SMILES string of the molecule is C[C@@H]1CN(Cc2ccccc2)C[C@@H](C)C1NCC[C@@H]1CCOC1=O. The summed E-state index contributed by atoms with van der Waals surface area (Å²) in [4.78, 5) is 14.1. The van der Waals surface area contributed by atoms with Crippen LogP contribution < -0.4 is 5.32 Å². The summed E-state index contributed by atoms with van der Waals surface area (Å²) in [5.74, 6) is 1.35. The molecule has 0 spiro atoms. The topological polar surface area (TPSA) is 41.6 Å². The van der Waals surface area contributed by atoms with E-state index in [-0.39, 0.29) is 11.9 Å². The number of benzene rings is 1. The number of ether oxygens (including phenoxy) is 1. The summed E-state index contributed by atoms with van der Waals surface area (Å²) in [5.41, 5.74) is 1.39. The van der Waals surface area contributed by atoms with Gasteiger partial charge < -0.3 is 10.1 Å². The average molecular weight is 330 g/mol. The van der Waals surface area contributed by atoms with Gasteiger partial charge in [-0.3, -0.25) is 9.69 Å². The second-order valence-corrected chi connectivity index (χ2v) is 7.56. The first kappa shape index (κ1) is 17.4. The zero-order chi connectivity index (χ0) is 16.9. The van der Waals surface area contributed by atoms with E-state index in [4.69, 9.17) is 4.74 Å². The van der Waals surface area contributed by atoms with E-state index in [1.807, 2.05) is 0 Å². The Bertz CT molecular complexity index is 522. The summed E-state index contributed by atoms with van der Waals surface area (Å²) in [6.45, 7) is 9.50. The van der Waals surface area contributed by atoms with E-state index >= 15 is 0 Å². The maximum Gasteiger partial charge on any atom is 0.309 e. The van der Waals surface area contributed by atoms with Crippen molar-refractivity contribution in [1.82, 2.24) is 10.2 Å². The molecular weight excluding hydrogens is 300 g/mol. The molecule has 132 valence electrons. The minimum Gasteiger partial charge on any atom is -0.465 e. The summed E-state index contributed by atoms with van der Waals surface area (Å²) >= 11 is 0. The molecule has 0 aromatic heterocycles. The monoisotopic (exact) mass is 330 g/mol. The molecule has 0 unspecified atom stereocenters. The van der Waals surface area contributed by atoms with Gasteiger partial charge >= 0.3 is 5.97 Å². The fourth-order valence-corrected chi connectivity index (χ4v) is 4.27. The first-order chi connectivity index (χ1) is 11.6. The third-order valence-corrected chi connectivity index (χ3v) is 5.48. The molecular formula is C20H30N2O2. The maximum atomic E-state index is 11.5. The van der Waals surface area contributed by atoms with Crippen molar-refractivity contribution in [3.05, 3.63) is 35.9 Å². The highest BCUT2D eigenvalue weighted by molar-refractivity contribution is 5.74. The lowest BCUT2D eigenvalue weighted by Crippen LogP contribution is -2.53. The van der Waals surface area contributed by atoms with Crippen molar-refractivity contribution >= 4 is 5.97 Å². The standard InChI is InChI=1S/C20H30N2O2/c1-15-12-22(14-17-6-4-3-5-7-17)13-16(2)19(15)21-10-8-18-9-11-24-20(18)23/h3-7,15-16,18-19,21H,8-14H2,1-2H3/t15-,16-,18-/m1/s1. The minimum atomic E-state index is -0.00410. The zero-order valence-electron chi connectivity index (χ0n) is 14.9. The van der Waals surface area contributed by atoms with Crippen molar-refractivity contribution in [2.75, 3.05) is 26.2 Å². The molecule has 1 N–H and O–H groups in total. The van der Waals surface area contributed by atoms with Gasteiger partial charge in [0.2, 0.25) is 0 Å². The molecule has 24 heavy (non-hydrogen) atoms. The van der Waals surface area contributed by atoms with Crippen LogP contribution in [0.15, 0.2) is 30.3 Å². The van der Waals surface area contributed by atoms with E-state index in [9.17, 15) is 4.79 Å². The van der Waals surface area contributed by atoms with Gasteiger partial charge in [-0.1, -0.05) is 44.2 Å². The van der Waals surface area contributed by atoms with Gasteiger partial charge in [-0.2, -0.15) is 0 Å². The second-order valence-electron chi connectivity index (χ2n) is 7.56. The molecule has 4 heteroatoms.